The monoisotopic (exact) mass is 993 g/mol. The van der Waals surface area contributed by atoms with Gasteiger partial charge in [-0.25, -0.2) is 0 Å². The molecule has 0 aliphatic carbocycles. The molecule has 0 aliphatic heterocycles. The molecule has 0 aromatic heterocycles. The minimum atomic E-state index is -0.770. The lowest BCUT2D eigenvalue weighted by Crippen LogP contribution is -2.30. The average molecular weight is 994 g/mol. The first-order chi connectivity index (χ1) is 35.0. The maximum absolute atomic E-state index is 12.8. The summed E-state index contributed by atoms with van der Waals surface area (Å²) in [7, 11) is 0. The highest BCUT2D eigenvalue weighted by atomic mass is 16.6. The summed E-state index contributed by atoms with van der Waals surface area (Å²) in [6, 6.07) is 0. The maximum Gasteiger partial charge on any atom is 0.306 e. The fourth-order valence-corrected chi connectivity index (χ4v) is 8.90. The molecule has 0 rings (SSSR count). The van der Waals surface area contributed by atoms with E-state index in [9.17, 15) is 14.4 Å². The van der Waals surface area contributed by atoms with Crippen LogP contribution in [0, 0.1) is 0 Å². The molecule has 0 heterocycles. The summed E-state index contributed by atoms with van der Waals surface area (Å²) in [6.45, 7) is 6.47. The zero-order valence-electron chi connectivity index (χ0n) is 47.2. The van der Waals surface area contributed by atoms with E-state index in [0.717, 1.165) is 89.9 Å². The Kier molecular flexibility index (Phi) is 57.2. The quantitative estimate of drug-likeness (QED) is 0.0261. The van der Waals surface area contributed by atoms with Gasteiger partial charge in [0.15, 0.2) is 6.10 Å². The van der Waals surface area contributed by atoms with Gasteiger partial charge in [-0.3, -0.25) is 14.4 Å². The zero-order valence-corrected chi connectivity index (χ0v) is 47.2. The van der Waals surface area contributed by atoms with Crippen molar-refractivity contribution >= 4 is 17.9 Å². The summed E-state index contributed by atoms with van der Waals surface area (Å²) in [5, 5.41) is 0. The molecule has 6 nitrogen and oxygen atoms in total. The maximum atomic E-state index is 12.8. The third kappa shape index (κ3) is 57.9. The minimum Gasteiger partial charge on any atom is -0.462 e. The predicted molar refractivity (Wildman–Crippen MR) is 307 cm³/mol. The molecule has 0 saturated heterocycles. The van der Waals surface area contributed by atoms with Crippen LogP contribution in [0.5, 0.6) is 0 Å². The van der Waals surface area contributed by atoms with E-state index in [1.54, 1.807) is 0 Å². The molecule has 412 valence electrons. The molecule has 0 aromatic carbocycles. The molecule has 1 atom stereocenters. The molecule has 0 radical (unpaired) electrons. The van der Waals surface area contributed by atoms with Crippen molar-refractivity contribution in [2.24, 2.45) is 0 Å². The van der Waals surface area contributed by atoms with Crippen LogP contribution in [0.4, 0.5) is 0 Å². The summed E-state index contributed by atoms with van der Waals surface area (Å²) in [6.07, 6.45) is 75.7. The van der Waals surface area contributed by atoms with Crippen LogP contribution in [0.2, 0.25) is 0 Å². The highest BCUT2D eigenvalue weighted by Crippen LogP contribution is 2.17. The first-order valence-corrected chi connectivity index (χ1v) is 30.8. The smallest absolute Gasteiger partial charge is 0.306 e. The third-order valence-corrected chi connectivity index (χ3v) is 13.5. The lowest BCUT2D eigenvalue weighted by atomic mass is 10.0. The van der Waals surface area contributed by atoms with Crippen LogP contribution in [0.15, 0.2) is 60.8 Å². The molecular formula is C65H116O6. The molecule has 0 N–H and O–H groups in total. The molecule has 0 fully saturated rings. The van der Waals surface area contributed by atoms with Gasteiger partial charge in [0.1, 0.15) is 13.2 Å². The van der Waals surface area contributed by atoms with Gasteiger partial charge in [0.25, 0.3) is 0 Å². The summed E-state index contributed by atoms with van der Waals surface area (Å²) in [5.74, 6) is -0.877. The van der Waals surface area contributed by atoms with Crippen molar-refractivity contribution in [2.75, 3.05) is 13.2 Å². The van der Waals surface area contributed by atoms with Crippen molar-refractivity contribution < 1.29 is 28.6 Å². The second-order valence-electron chi connectivity index (χ2n) is 20.6. The molecule has 0 saturated carbocycles. The Morgan fingerprint density at radius 1 is 0.296 bits per heavy atom. The number of hydrogen-bond donors (Lipinski definition) is 0. The molecule has 6 heteroatoms. The van der Waals surface area contributed by atoms with Crippen LogP contribution in [-0.2, 0) is 28.6 Å². The van der Waals surface area contributed by atoms with Crippen LogP contribution in [0.3, 0.4) is 0 Å². The van der Waals surface area contributed by atoms with Gasteiger partial charge < -0.3 is 14.2 Å². The van der Waals surface area contributed by atoms with Crippen molar-refractivity contribution in [2.45, 2.75) is 322 Å². The van der Waals surface area contributed by atoms with E-state index in [-0.39, 0.29) is 31.1 Å². The number of ether oxygens (including phenoxy) is 3. The molecular weight excluding hydrogens is 877 g/mol. The highest BCUT2D eigenvalue weighted by molar-refractivity contribution is 5.71. The fraction of sp³-hybridized carbons (Fsp3) is 0.800. The SMILES string of the molecule is CC/C=C\C/C=C\C/C=C\C/C=C\CCCCCCCCCCCCCCCCCCCCC(=O)OCC(COC(=O)CCCCCCC)OC(=O)CCCCCCCCC/C=C\CCCCCCCC. The van der Waals surface area contributed by atoms with Gasteiger partial charge in [0.05, 0.1) is 0 Å². The first kappa shape index (κ1) is 68.1. The second-order valence-corrected chi connectivity index (χ2v) is 20.6. The first-order valence-electron chi connectivity index (χ1n) is 30.8. The largest absolute Gasteiger partial charge is 0.462 e. The van der Waals surface area contributed by atoms with Crippen molar-refractivity contribution in [3.05, 3.63) is 60.8 Å². The van der Waals surface area contributed by atoms with Crippen LogP contribution < -0.4 is 0 Å². The lowest BCUT2D eigenvalue weighted by Gasteiger charge is -2.18. The van der Waals surface area contributed by atoms with Gasteiger partial charge in [-0.1, -0.05) is 274 Å². The Hall–Kier alpha value is -2.89. The van der Waals surface area contributed by atoms with Gasteiger partial charge in [-0.15, -0.1) is 0 Å². The highest BCUT2D eigenvalue weighted by Gasteiger charge is 2.19. The van der Waals surface area contributed by atoms with E-state index in [4.69, 9.17) is 14.2 Å². The van der Waals surface area contributed by atoms with Gasteiger partial charge in [-0.2, -0.15) is 0 Å². The number of carbonyl (C=O) groups is 3. The van der Waals surface area contributed by atoms with E-state index >= 15 is 0 Å². The normalized spacial score (nSPS) is 12.4. The van der Waals surface area contributed by atoms with E-state index in [1.165, 1.54) is 186 Å². The zero-order chi connectivity index (χ0) is 51.4. The van der Waals surface area contributed by atoms with Crippen LogP contribution in [-0.4, -0.2) is 37.2 Å². The Balaban J connectivity index is 3.95. The molecule has 0 spiro atoms. The fourth-order valence-electron chi connectivity index (χ4n) is 8.90. The topological polar surface area (TPSA) is 78.9 Å². The summed E-state index contributed by atoms with van der Waals surface area (Å²) in [4.78, 5) is 37.8. The Morgan fingerprint density at radius 3 is 0.873 bits per heavy atom. The van der Waals surface area contributed by atoms with Crippen molar-refractivity contribution in [3.8, 4) is 0 Å². The Bertz CT molecular complexity index is 1280. The van der Waals surface area contributed by atoms with Crippen molar-refractivity contribution in [1.29, 1.82) is 0 Å². The lowest BCUT2D eigenvalue weighted by molar-refractivity contribution is -0.167. The van der Waals surface area contributed by atoms with E-state index in [0.29, 0.717) is 19.3 Å². The van der Waals surface area contributed by atoms with Gasteiger partial charge >= 0.3 is 17.9 Å². The number of hydrogen-bond acceptors (Lipinski definition) is 6. The molecule has 0 aromatic rings. The predicted octanol–water partition coefficient (Wildman–Crippen LogP) is 20.8. The standard InChI is InChI=1S/C65H116O6/c1-4-7-10-13-15-17-19-21-23-25-26-27-28-29-30-31-32-33-34-35-36-37-38-40-41-43-45-47-49-52-55-58-64(67)70-61-62(60-69-63(66)57-54-51-12-9-6-3)71-65(68)59-56-53-50-48-46-44-42-39-24-22-20-18-16-14-11-8-5-2/h7,10,15,17,21-24,26-27,62H,4-6,8-9,11-14,16,18-20,25,28-61H2,1-3H3/b10-7-,17-15-,23-21-,24-22-,27-26-. The van der Waals surface area contributed by atoms with Crippen LogP contribution >= 0.6 is 0 Å². The molecule has 0 amide bonds. The molecule has 0 bridgehead atoms. The Labute approximate surface area is 440 Å². The Morgan fingerprint density at radius 2 is 0.549 bits per heavy atom. The van der Waals surface area contributed by atoms with E-state index in [1.807, 2.05) is 0 Å². The minimum absolute atomic E-state index is 0.0722. The molecule has 71 heavy (non-hydrogen) atoms. The van der Waals surface area contributed by atoms with E-state index in [2.05, 4.69) is 81.5 Å². The second kappa shape index (κ2) is 59.7. The summed E-state index contributed by atoms with van der Waals surface area (Å²) < 4.78 is 16.7. The number of carbonyl (C=O) groups excluding carboxylic acids is 3. The number of esters is 3. The van der Waals surface area contributed by atoms with Crippen LogP contribution in [0.1, 0.15) is 316 Å². The molecule has 1 unspecified atom stereocenters. The van der Waals surface area contributed by atoms with E-state index < -0.39 is 6.10 Å². The molecule has 0 aliphatic rings. The third-order valence-electron chi connectivity index (χ3n) is 13.5. The average Bonchev–Trinajstić information content (AvgIpc) is 3.37. The van der Waals surface area contributed by atoms with Gasteiger partial charge in [0.2, 0.25) is 0 Å². The number of rotatable bonds is 56. The number of unbranched alkanes of at least 4 members (excludes halogenated alkanes) is 35. The summed E-state index contributed by atoms with van der Waals surface area (Å²) >= 11 is 0. The number of allylic oxidation sites excluding steroid dienone is 10. The van der Waals surface area contributed by atoms with Crippen molar-refractivity contribution in [3.63, 3.8) is 0 Å². The van der Waals surface area contributed by atoms with Crippen molar-refractivity contribution in [1.82, 2.24) is 0 Å². The van der Waals surface area contributed by atoms with Crippen LogP contribution in [0.25, 0.3) is 0 Å². The summed E-state index contributed by atoms with van der Waals surface area (Å²) in [5.41, 5.74) is 0. The van der Waals surface area contributed by atoms with Gasteiger partial charge in [0, 0.05) is 19.3 Å². The van der Waals surface area contributed by atoms with Gasteiger partial charge in [-0.05, 0) is 83.5 Å².